The Kier molecular flexibility index (Phi) is 8.35. The number of hydrogen-bond acceptors (Lipinski definition) is 6. The summed E-state index contributed by atoms with van der Waals surface area (Å²) in [6.45, 7) is 0. The number of phenolic OH excluding ortho intramolecular Hbond substituents is 1. The van der Waals surface area contributed by atoms with Crippen LogP contribution in [0.15, 0.2) is 65.6 Å². The molecular formula is C23H20F4N2O5S2. The SMILES string of the molecule is CS(=O)(=O)Nc1cc(NC(=O)c2ccc(SCCc3ccc(OC(F)(F)F)cc3)cc2)c(F)cc1O. The zero-order valence-electron chi connectivity index (χ0n) is 18.6. The molecule has 3 aromatic rings. The van der Waals surface area contributed by atoms with Gasteiger partial charge in [0.1, 0.15) is 11.5 Å². The summed E-state index contributed by atoms with van der Waals surface area (Å²) in [5, 5.41) is 12.1. The maximum Gasteiger partial charge on any atom is 0.573 e. The third-order valence-electron chi connectivity index (χ3n) is 4.56. The molecule has 0 aromatic heterocycles. The molecule has 0 radical (unpaired) electrons. The van der Waals surface area contributed by atoms with E-state index in [1.807, 2.05) is 4.72 Å². The number of halogens is 4. The van der Waals surface area contributed by atoms with Crippen LogP contribution in [0.1, 0.15) is 15.9 Å². The highest BCUT2D eigenvalue weighted by molar-refractivity contribution is 7.99. The monoisotopic (exact) mass is 544 g/mol. The number of carbonyl (C=O) groups excluding carboxylic acids is 1. The Morgan fingerprint density at radius 2 is 1.67 bits per heavy atom. The number of alkyl halides is 3. The molecule has 0 heterocycles. The van der Waals surface area contributed by atoms with E-state index in [1.165, 1.54) is 36.0 Å². The van der Waals surface area contributed by atoms with Gasteiger partial charge in [-0.1, -0.05) is 12.1 Å². The maximum absolute atomic E-state index is 14.2. The fourth-order valence-electron chi connectivity index (χ4n) is 2.98. The van der Waals surface area contributed by atoms with E-state index < -0.39 is 33.9 Å². The molecule has 0 fully saturated rings. The average molecular weight is 545 g/mol. The molecule has 192 valence electrons. The van der Waals surface area contributed by atoms with Crippen molar-refractivity contribution in [2.45, 2.75) is 17.7 Å². The van der Waals surface area contributed by atoms with Crippen LogP contribution in [0.25, 0.3) is 0 Å². The Bertz CT molecular complexity index is 1330. The van der Waals surface area contributed by atoms with Crippen LogP contribution in [0.2, 0.25) is 0 Å². The Morgan fingerprint density at radius 1 is 1.03 bits per heavy atom. The number of amides is 1. The molecule has 3 aromatic carbocycles. The van der Waals surface area contributed by atoms with Gasteiger partial charge >= 0.3 is 6.36 Å². The van der Waals surface area contributed by atoms with E-state index in [1.54, 1.807) is 24.3 Å². The lowest BCUT2D eigenvalue weighted by molar-refractivity contribution is -0.274. The number of hydrogen-bond donors (Lipinski definition) is 3. The summed E-state index contributed by atoms with van der Waals surface area (Å²) >= 11 is 1.47. The number of ether oxygens (including phenoxy) is 1. The minimum atomic E-state index is -4.74. The molecule has 3 N–H and O–H groups in total. The number of thioether (sulfide) groups is 1. The number of aromatic hydroxyl groups is 1. The van der Waals surface area contributed by atoms with Crippen LogP contribution < -0.4 is 14.8 Å². The van der Waals surface area contributed by atoms with Crippen molar-refractivity contribution in [2.24, 2.45) is 0 Å². The molecule has 1 amide bonds. The first-order valence-corrected chi connectivity index (χ1v) is 13.1. The van der Waals surface area contributed by atoms with E-state index >= 15 is 0 Å². The molecule has 7 nitrogen and oxygen atoms in total. The number of nitrogens with one attached hydrogen (secondary N) is 2. The molecule has 0 unspecified atom stereocenters. The predicted molar refractivity (Wildman–Crippen MR) is 128 cm³/mol. The van der Waals surface area contributed by atoms with Crippen LogP contribution in [0.3, 0.4) is 0 Å². The average Bonchev–Trinajstić information content (AvgIpc) is 2.77. The lowest BCUT2D eigenvalue weighted by Crippen LogP contribution is -2.17. The molecule has 0 aliphatic carbocycles. The summed E-state index contributed by atoms with van der Waals surface area (Å²) in [6, 6.07) is 13.7. The second-order valence-corrected chi connectivity index (χ2v) is 10.4. The highest BCUT2D eigenvalue weighted by Gasteiger charge is 2.30. The zero-order chi connectivity index (χ0) is 26.5. The minimum Gasteiger partial charge on any atom is -0.506 e. The van der Waals surface area contributed by atoms with Crippen LogP contribution in [0.5, 0.6) is 11.5 Å². The van der Waals surface area contributed by atoms with Gasteiger partial charge in [-0.05, 0) is 54.4 Å². The topological polar surface area (TPSA) is 105 Å². The van der Waals surface area contributed by atoms with Gasteiger partial charge in [-0.15, -0.1) is 24.9 Å². The second-order valence-electron chi connectivity index (χ2n) is 7.49. The lowest BCUT2D eigenvalue weighted by atomic mass is 10.2. The van der Waals surface area contributed by atoms with E-state index in [2.05, 4.69) is 10.1 Å². The van der Waals surface area contributed by atoms with Crippen molar-refractivity contribution in [3.8, 4) is 11.5 Å². The molecule has 0 spiro atoms. The molecule has 13 heteroatoms. The first-order chi connectivity index (χ1) is 16.8. The number of phenols is 1. The Morgan fingerprint density at radius 3 is 2.25 bits per heavy atom. The number of benzene rings is 3. The first-order valence-electron chi connectivity index (χ1n) is 10.2. The van der Waals surface area contributed by atoms with Crippen LogP contribution in [-0.2, 0) is 16.4 Å². The Hall–Kier alpha value is -3.45. The van der Waals surface area contributed by atoms with Crippen LogP contribution in [0, 0.1) is 5.82 Å². The smallest absolute Gasteiger partial charge is 0.506 e. The van der Waals surface area contributed by atoms with Gasteiger partial charge in [0.15, 0.2) is 5.82 Å². The zero-order valence-corrected chi connectivity index (χ0v) is 20.2. The second kappa shape index (κ2) is 11.1. The van der Waals surface area contributed by atoms with Gasteiger partial charge in [0, 0.05) is 22.3 Å². The van der Waals surface area contributed by atoms with Crippen molar-refractivity contribution in [1.29, 1.82) is 0 Å². The van der Waals surface area contributed by atoms with Crippen LogP contribution >= 0.6 is 11.8 Å². The van der Waals surface area contributed by atoms with E-state index in [-0.39, 0.29) is 22.7 Å². The molecule has 0 aliphatic rings. The molecule has 0 saturated carbocycles. The van der Waals surface area contributed by atoms with Gasteiger partial charge in [0.2, 0.25) is 10.0 Å². The van der Waals surface area contributed by atoms with E-state index in [9.17, 15) is 35.9 Å². The quantitative estimate of drug-likeness (QED) is 0.144. The fraction of sp³-hybridized carbons (Fsp3) is 0.174. The summed E-state index contributed by atoms with van der Waals surface area (Å²) in [4.78, 5) is 13.3. The van der Waals surface area contributed by atoms with Crippen molar-refractivity contribution in [3.05, 3.63) is 77.6 Å². The molecule has 0 bridgehead atoms. The van der Waals surface area contributed by atoms with Crippen molar-refractivity contribution in [2.75, 3.05) is 22.0 Å². The molecule has 0 saturated heterocycles. The predicted octanol–water partition coefficient (Wildman–Crippen LogP) is 5.39. The number of rotatable bonds is 9. The summed E-state index contributed by atoms with van der Waals surface area (Å²) in [5.74, 6) is -1.90. The van der Waals surface area contributed by atoms with Crippen LogP contribution in [-0.4, -0.2) is 37.8 Å². The van der Waals surface area contributed by atoms with Crippen molar-refractivity contribution in [3.63, 3.8) is 0 Å². The molecule has 0 atom stereocenters. The lowest BCUT2D eigenvalue weighted by Gasteiger charge is -2.12. The molecular weight excluding hydrogens is 524 g/mol. The Labute approximate surface area is 208 Å². The van der Waals surface area contributed by atoms with E-state index in [0.29, 0.717) is 18.2 Å². The molecule has 36 heavy (non-hydrogen) atoms. The first kappa shape index (κ1) is 27.1. The fourth-order valence-corrected chi connectivity index (χ4v) is 4.45. The number of carbonyl (C=O) groups is 1. The van der Waals surface area contributed by atoms with Gasteiger partial charge in [0.05, 0.1) is 17.6 Å². The number of sulfonamides is 1. The normalized spacial score (nSPS) is 11.7. The number of aryl methyl sites for hydroxylation is 1. The van der Waals surface area contributed by atoms with Gasteiger partial charge in [-0.25, -0.2) is 12.8 Å². The third kappa shape index (κ3) is 8.34. The summed E-state index contributed by atoms with van der Waals surface area (Å²) in [5.41, 5.74) is 0.427. The van der Waals surface area contributed by atoms with E-state index in [4.69, 9.17) is 0 Å². The van der Waals surface area contributed by atoms with Crippen molar-refractivity contribution in [1.82, 2.24) is 0 Å². The Balaban J connectivity index is 1.56. The van der Waals surface area contributed by atoms with Gasteiger partial charge in [-0.2, -0.15) is 0 Å². The highest BCUT2D eigenvalue weighted by atomic mass is 32.2. The molecule has 0 aliphatic heterocycles. The van der Waals surface area contributed by atoms with Crippen molar-refractivity contribution < 1.29 is 40.6 Å². The summed E-state index contributed by atoms with van der Waals surface area (Å²) in [6.07, 6.45) is -3.29. The molecule has 3 rings (SSSR count). The van der Waals surface area contributed by atoms with Gasteiger partial charge < -0.3 is 15.2 Å². The van der Waals surface area contributed by atoms with E-state index in [0.717, 1.165) is 22.8 Å². The number of anilines is 2. The minimum absolute atomic E-state index is 0.213. The van der Waals surface area contributed by atoms with Crippen LogP contribution in [0.4, 0.5) is 28.9 Å². The standard InChI is InChI=1S/C23H20F4N2O5S2/c1-36(32,33)29-20-13-19(18(24)12-21(20)30)28-22(31)15-4-8-17(9-5-15)35-11-10-14-2-6-16(7-3-14)34-23(25,26)27/h2-9,12-13,29-30H,10-11H2,1H3,(H,28,31). The maximum atomic E-state index is 14.2. The van der Waals surface area contributed by atoms with Crippen molar-refractivity contribution >= 4 is 39.1 Å². The van der Waals surface area contributed by atoms with Gasteiger partial charge in [-0.3, -0.25) is 9.52 Å². The highest BCUT2D eigenvalue weighted by Crippen LogP contribution is 2.31. The largest absolute Gasteiger partial charge is 0.573 e. The summed E-state index contributed by atoms with van der Waals surface area (Å²) in [7, 11) is -3.74. The third-order valence-corrected chi connectivity index (χ3v) is 6.17. The van der Waals surface area contributed by atoms with Gasteiger partial charge in [0.25, 0.3) is 5.91 Å². The summed E-state index contributed by atoms with van der Waals surface area (Å²) < 4.78 is 79.5.